The molecule has 0 spiro atoms. The second-order valence-corrected chi connectivity index (χ2v) is 9.18. The Morgan fingerprint density at radius 3 is 2.40 bits per heavy atom. The summed E-state index contributed by atoms with van der Waals surface area (Å²) in [4.78, 5) is 22.6. The molecule has 1 N–H and O–H groups in total. The number of nitrogens with one attached hydrogen (secondary N) is 1. The molecule has 0 saturated carbocycles. The number of carbonyl (C=O) groups is 1. The molecule has 0 radical (unpaired) electrons. The number of halogens is 2. The second-order valence-electron chi connectivity index (χ2n) is 6.43. The highest BCUT2D eigenvalue weighted by atomic mass is 35.5. The average molecular weight is 474 g/mol. The number of sulfonamides is 1. The van der Waals surface area contributed by atoms with E-state index in [1.54, 1.807) is 6.07 Å². The summed E-state index contributed by atoms with van der Waals surface area (Å²) in [6, 6.07) is 8.00. The lowest BCUT2D eigenvalue weighted by Crippen LogP contribution is -2.28. The predicted molar refractivity (Wildman–Crippen MR) is 112 cm³/mol. The van der Waals surface area contributed by atoms with Gasteiger partial charge in [-0.1, -0.05) is 29.3 Å². The Balaban J connectivity index is 1.76. The van der Waals surface area contributed by atoms with Crippen molar-refractivity contribution in [2.24, 2.45) is 0 Å². The van der Waals surface area contributed by atoms with Gasteiger partial charge >= 0.3 is 5.69 Å². The van der Waals surface area contributed by atoms with Crippen molar-refractivity contribution >= 4 is 50.5 Å². The van der Waals surface area contributed by atoms with E-state index in [1.807, 2.05) is 0 Å². The highest BCUT2D eigenvalue weighted by Crippen LogP contribution is 2.32. The molecule has 0 atom stereocenters. The summed E-state index contributed by atoms with van der Waals surface area (Å²) in [5.41, 5.74) is -0.366. The lowest BCUT2D eigenvalue weighted by atomic mass is 10.3. The van der Waals surface area contributed by atoms with Gasteiger partial charge in [0.1, 0.15) is 0 Å². The number of nitro benzene ring substituents is 1. The fourth-order valence-corrected chi connectivity index (χ4v) is 4.97. The van der Waals surface area contributed by atoms with Crippen molar-refractivity contribution in [3.63, 3.8) is 0 Å². The summed E-state index contributed by atoms with van der Waals surface area (Å²) in [7, 11) is -3.83. The molecule has 3 rings (SSSR count). The molecule has 30 heavy (non-hydrogen) atoms. The molecule has 0 aromatic heterocycles. The fourth-order valence-electron chi connectivity index (χ4n) is 2.94. The van der Waals surface area contributed by atoms with Crippen molar-refractivity contribution < 1.29 is 22.9 Å². The molecular weight excluding hydrogens is 457 g/mol. The van der Waals surface area contributed by atoms with Crippen LogP contribution < -0.4 is 10.1 Å². The number of carbonyl (C=O) groups excluding carboxylic acids is 1. The van der Waals surface area contributed by atoms with Gasteiger partial charge in [0.25, 0.3) is 5.91 Å². The molecule has 12 heteroatoms. The van der Waals surface area contributed by atoms with Crippen LogP contribution in [0.15, 0.2) is 41.3 Å². The summed E-state index contributed by atoms with van der Waals surface area (Å²) < 4.78 is 31.8. The number of nitrogens with zero attached hydrogens (tertiary/aromatic N) is 2. The third kappa shape index (κ3) is 4.84. The van der Waals surface area contributed by atoms with Gasteiger partial charge < -0.3 is 10.1 Å². The van der Waals surface area contributed by atoms with Crippen LogP contribution in [0.25, 0.3) is 0 Å². The van der Waals surface area contributed by atoms with Crippen LogP contribution in [-0.4, -0.2) is 43.2 Å². The first-order chi connectivity index (χ1) is 14.2. The Kier molecular flexibility index (Phi) is 6.81. The molecule has 1 amide bonds. The molecule has 1 fully saturated rings. The lowest BCUT2D eigenvalue weighted by Gasteiger charge is -2.16. The maximum absolute atomic E-state index is 12.6. The van der Waals surface area contributed by atoms with E-state index in [0.717, 1.165) is 25.0 Å². The zero-order chi connectivity index (χ0) is 21.9. The third-order valence-electron chi connectivity index (χ3n) is 4.42. The van der Waals surface area contributed by atoms with Crippen LogP contribution in [0.2, 0.25) is 10.0 Å². The molecular formula is C18H17Cl2N3O6S. The van der Waals surface area contributed by atoms with Crippen molar-refractivity contribution in [2.75, 3.05) is 25.0 Å². The molecule has 160 valence electrons. The highest BCUT2D eigenvalue weighted by Gasteiger charge is 2.30. The van der Waals surface area contributed by atoms with Crippen LogP contribution in [-0.2, 0) is 14.8 Å². The Morgan fingerprint density at radius 2 is 1.80 bits per heavy atom. The normalized spacial score (nSPS) is 14.5. The number of benzene rings is 2. The first-order valence-electron chi connectivity index (χ1n) is 8.85. The van der Waals surface area contributed by atoms with E-state index in [-0.39, 0.29) is 26.4 Å². The predicted octanol–water partition coefficient (Wildman–Crippen LogP) is 3.70. The lowest BCUT2D eigenvalue weighted by molar-refractivity contribution is -0.386. The van der Waals surface area contributed by atoms with Gasteiger partial charge in [-0.15, -0.1) is 0 Å². The monoisotopic (exact) mass is 473 g/mol. The molecule has 0 bridgehead atoms. The summed E-state index contributed by atoms with van der Waals surface area (Å²) >= 11 is 12.0. The molecule has 1 aliphatic rings. The minimum absolute atomic E-state index is 0.191. The van der Waals surface area contributed by atoms with Gasteiger partial charge in [0.15, 0.2) is 12.4 Å². The largest absolute Gasteiger partial charge is 0.477 e. The smallest absolute Gasteiger partial charge is 0.312 e. The van der Waals surface area contributed by atoms with Crippen molar-refractivity contribution in [1.82, 2.24) is 4.31 Å². The Hall–Kier alpha value is -2.40. The summed E-state index contributed by atoms with van der Waals surface area (Å²) in [6.45, 7) is 0.179. The van der Waals surface area contributed by atoms with Gasteiger partial charge in [0.05, 0.1) is 25.6 Å². The number of rotatable bonds is 7. The molecule has 2 aromatic carbocycles. The number of ether oxygens (including phenoxy) is 1. The van der Waals surface area contributed by atoms with E-state index in [0.29, 0.717) is 13.1 Å². The van der Waals surface area contributed by atoms with Crippen LogP contribution in [0.5, 0.6) is 5.75 Å². The van der Waals surface area contributed by atoms with Crippen LogP contribution in [0.3, 0.4) is 0 Å². The maximum Gasteiger partial charge on any atom is 0.312 e. The quantitative estimate of drug-likeness (QED) is 0.483. The van der Waals surface area contributed by atoms with Crippen LogP contribution >= 0.6 is 23.2 Å². The number of para-hydroxylation sites is 1. The third-order valence-corrected chi connectivity index (χ3v) is 6.94. The summed E-state index contributed by atoms with van der Waals surface area (Å²) in [5, 5.41) is 14.3. The van der Waals surface area contributed by atoms with E-state index < -0.39 is 33.1 Å². The molecule has 0 aliphatic carbocycles. The van der Waals surface area contributed by atoms with Crippen LogP contribution in [0, 0.1) is 10.1 Å². The standard InChI is InChI=1S/C18H17Cl2N3O6S/c19-13-4-3-5-14(20)18(13)21-17(24)11-29-16-7-6-12(10-15(16)23(25)26)30(27,28)22-8-1-2-9-22/h3-7,10H,1-2,8-9,11H2,(H,21,24). The van der Waals surface area contributed by atoms with E-state index in [1.165, 1.54) is 22.5 Å². The zero-order valence-corrected chi connectivity index (χ0v) is 17.8. The van der Waals surface area contributed by atoms with Crippen LogP contribution in [0.4, 0.5) is 11.4 Å². The van der Waals surface area contributed by atoms with E-state index in [4.69, 9.17) is 27.9 Å². The summed E-state index contributed by atoms with van der Waals surface area (Å²) in [6.07, 6.45) is 1.49. The van der Waals surface area contributed by atoms with E-state index >= 15 is 0 Å². The van der Waals surface area contributed by atoms with Gasteiger partial charge in [0, 0.05) is 19.2 Å². The number of hydrogen-bond acceptors (Lipinski definition) is 6. The van der Waals surface area contributed by atoms with Crippen LogP contribution in [0.1, 0.15) is 12.8 Å². The van der Waals surface area contributed by atoms with Gasteiger partial charge in [-0.05, 0) is 37.1 Å². The minimum atomic E-state index is -3.83. The first-order valence-corrected chi connectivity index (χ1v) is 11.0. The van der Waals surface area contributed by atoms with Crippen molar-refractivity contribution in [2.45, 2.75) is 17.7 Å². The number of hydrogen-bond donors (Lipinski definition) is 1. The molecule has 1 saturated heterocycles. The number of nitro groups is 1. The van der Waals surface area contributed by atoms with Gasteiger partial charge in [-0.2, -0.15) is 4.31 Å². The summed E-state index contributed by atoms with van der Waals surface area (Å²) in [5.74, 6) is -0.881. The Labute approximate surface area is 182 Å². The highest BCUT2D eigenvalue weighted by molar-refractivity contribution is 7.89. The SMILES string of the molecule is O=C(COc1ccc(S(=O)(=O)N2CCCC2)cc1[N+](=O)[O-])Nc1c(Cl)cccc1Cl. The van der Waals surface area contributed by atoms with Gasteiger partial charge in [-0.25, -0.2) is 8.42 Å². The molecule has 9 nitrogen and oxygen atoms in total. The van der Waals surface area contributed by atoms with Gasteiger partial charge in [0.2, 0.25) is 10.0 Å². The average Bonchev–Trinajstić information content (AvgIpc) is 3.25. The van der Waals surface area contributed by atoms with Crippen molar-refractivity contribution in [3.05, 3.63) is 56.6 Å². The number of anilines is 1. The molecule has 1 heterocycles. The molecule has 2 aromatic rings. The minimum Gasteiger partial charge on any atom is -0.477 e. The number of amides is 1. The van der Waals surface area contributed by atoms with Crippen molar-refractivity contribution in [3.8, 4) is 5.75 Å². The zero-order valence-electron chi connectivity index (χ0n) is 15.5. The first kappa shape index (κ1) is 22.3. The van der Waals surface area contributed by atoms with E-state index in [9.17, 15) is 23.3 Å². The second kappa shape index (κ2) is 9.17. The molecule has 1 aliphatic heterocycles. The van der Waals surface area contributed by atoms with E-state index in [2.05, 4.69) is 5.32 Å². The van der Waals surface area contributed by atoms with Gasteiger partial charge in [-0.3, -0.25) is 14.9 Å². The Bertz CT molecular complexity index is 1070. The van der Waals surface area contributed by atoms with Crippen molar-refractivity contribution in [1.29, 1.82) is 0 Å². The molecule has 0 unspecified atom stereocenters. The fraction of sp³-hybridized carbons (Fsp3) is 0.278. The Morgan fingerprint density at radius 1 is 1.17 bits per heavy atom. The maximum atomic E-state index is 12.6. The topological polar surface area (TPSA) is 119 Å².